The van der Waals surface area contributed by atoms with Gasteiger partial charge in [-0.15, -0.1) is 0 Å². The number of rotatable bonds is 3. The van der Waals surface area contributed by atoms with Crippen molar-refractivity contribution in [2.75, 3.05) is 18.0 Å². The zero-order valence-electron chi connectivity index (χ0n) is 13.8. The number of nitrogens with zero attached hydrogens (tertiary/aromatic N) is 3. The van der Waals surface area contributed by atoms with E-state index in [2.05, 4.69) is 14.9 Å². The Morgan fingerprint density at radius 2 is 1.80 bits per heavy atom. The van der Waals surface area contributed by atoms with Crippen LogP contribution in [0.3, 0.4) is 0 Å². The third kappa shape index (κ3) is 3.32. The number of halogens is 1. The van der Waals surface area contributed by atoms with Crippen LogP contribution in [-0.2, 0) is 0 Å². The molecule has 1 aromatic heterocycles. The van der Waals surface area contributed by atoms with Crippen molar-refractivity contribution in [3.63, 3.8) is 0 Å². The summed E-state index contributed by atoms with van der Waals surface area (Å²) in [6.07, 6.45) is 3.08. The minimum atomic E-state index is -0.399. The van der Waals surface area contributed by atoms with Gasteiger partial charge < -0.3 is 10.0 Å². The SMILES string of the molecule is O[C@H](c1ccccc1)C1CCN(c2ncnc3cc(Cl)ccc23)CC1. The molecule has 1 aliphatic rings. The van der Waals surface area contributed by atoms with Crippen LogP contribution in [0.25, 0.3) is 10.9 Å². The van der Waals surface area contributed by atoms with Gasteiger partial charge >= 0.3 is 0 Å². The van der Waals surface area contributed by atoms with Gasteiger partial charge in [0.05, 0.1) is 11.6 Å². The predicted octanol–water partition coefficient (Wildman–Crippen LogP) is 4.23. The molecule has 0 radical (unpaired) electrons. The van der Waals surface area contributed by atoms with Gasteiger partial charge in [-0.25, -0.2) is 9.97 Å². The van der Waals surface area contributed by atoms with E-state index < -0.39 is 6.10 Å². The number of aromatic nitrogens is 2. The number of benzene rings is 2. The van der Waals surface area contributed by atoms with E-state index >= 15 is 0 Å². The van der Waals surface area contributed by atoms with Crippen molar-refractivity contribution in [2.24, 2.45) is 5.92 Å². The van der Waals surface area contributed by atoms with E-state index in [1.54, 1.807) is 6.33 Å². The fourth-order valence-electron chi connectivity index (χ4n) is 3.62. The van der Waals surface area contributed by atoms with Gasteiger partial charge in [-0.05, 0) is 42.5 Å². The molecule has 1 aliphatic heterocycles. The van der Waals surface area contributed by atoms with Crippen molar-refractivity contribution < 1.29 is 5.11 Å². The van der Waals surface area contributed by atoms with Gasteiger partial charge in [0.25, 0.3) is 0 Å². The van der Waals surface area contributed by atoms with Crippen LogP contribution in [0.2, 0.25) is 5.02 Å². The van der Waals surface area contributed by atoms with Crippen molar-refractivity contribution in [1.29, 1.82) is 0 Å². The topological polar surface area (TPSA) is 49.2 Å². The monoisotopic (exact) mass is 353 g/mol. The van der Waals surface area contributed by atoms with Crippen molar-refractivity contribution in [2.45, 2.75) is 18.9 Å². The highest BCUT2D eigenvalue weighted by molar-refractivity contribution is 6.31. The molecule has 3 aromatic rings. The number of piperidine rings is 1. The summed E-state index contributed by atoms with van der Waals surface area (Å²) in [5.74, 6) is 1.23. The summed E-state index contributed by atoms with van der Waals surface area (Å²) in [5.41, 5.74) is 1.87. The Bertz CT molecular complexity index is 863. The smallest absolute Gasteiger partial charge is 0.139 e. The number of hydrogen-bond acceptors (Lipinski definition) is 4. The molecule has 1 N–H and O–H groups in total. The maximum absolute atomic E-state index is 10.6. The van der Waals surface area contributed by atoms with Crippen LogP contribution in [0, 0.1) is 5.92 Å². The number of aliphatic hydroxyl groups is 1. The molecule has 2 heterocycles. The van der Waals surface area contributed by atoms with Gasteiger partial charge in [0.1, 0.15) is 12.1 Å². The molecule has 0 bridgehead atoms. The molecule has 4 nitrogen and oxygen atoms in total. The minimum absolute atomic E-state index is 0.279. The summed E-state index contributed by atoms with van der Waals surface area (Å²) >= 11 is 6.07. The highest BCUT2D eigenvalue weighted by atomic mass is 35.5. The van der Waals surface area contributed by atoms with E-state index in [1.807, 2.05) is 48.5 Å². The Morgan fingerprint density at radius 3 is 2.56 bits per heavy atom. The van der Waals surface area contributed by atoms with Crippen LogP contribution in [0.15, 0.2) is 54.9 Å². The van der Waals surface area contributed by atoms with Crippen LogP contribution in [0.1, 0.15) is 24.5 Å². The molecule has 128 valence electrons. The lowest BCUT2D eigenvalue weighted by Gasteiger charge is -2.35. The number of fused-ring (bicyclic) bond motifs is 1. The Kier molecular flexibility index (Phi) is 4.55. The van der Waals surface area contributed by atoms with E-state index in [9.17, 15) is 5.11 Å². The molecule has 0 spiro atoms. The molecule has 1 saturated heterocycles. The first-order valence-corrected chi connectivity index (χ1v) is 8.98. The summed E-state index contributed by atoms with van der Waals surface area (Å²) in [6, 6.07) is 15.7. The van der Waals surface area contributed by atoms with Gasteiger partial charge in [-0.2, -0.15) is 0 Å². The summed E-state index contributed by atoms with van der Waals surface area (Å²) in [6.45, 7) is 1.76. The standard InChI is InChI=1S/C20H20ClN3O/c21-16-6-7-17-18(12-16)22-13-23-20(17)24-10-8-15(9-11-24)19(25)14-4-2-1-3-5-14/h1-7,12-13,15,19,25H,8-11H2/t19-/m1/s1. The van der Waals surface area contributed by atoms with Crippen LogP contribution in [-0.4, -0.2) is 28.2 Å². The molecular formula is C20H20ClN3O. The molecule has 1 fully saturated rings. The maximum atomic E-state index is 10.6. The molecule has 1 atom stereocenters. The van der Waals surface area contributed by atoms with Crippen molar-refractivity contribution in [3.05, 3.63) is 65.4 Å². The predicted molar refractivity (Wildman–Crippen MR) is 101 cm³/mol. The number of aliphatic hydroxyl groups excluding tert-OH is 1. The average molecular weight is 354 g/mol. The van der Waals surface area contributed by atoms with E-state index in [0.29, 0.717) is 5.02 Å². The van der Waals surface area contributed by atoms with Gasteiger partial charge in [0.15, 0.2) is 0 Å². The summed E-state index contributed by atoms with van der Waals surface area (Å²) in [7, 11) is 0. The van der Waals surface area contributed by atoms with Gasteiger partial charge in [0.2, 0.25) is 0 Å². The van der Waals surface area contributed by atoms with Crippen molar-refractivity contribution >= 4 is 28.3 Å². The molecule has 4 rings (SSSR count). The molecule has 2 aromatic carbocycles. The first kappa shape index (κ1) is 16.3. The average Bonchev–Trinajstić information content (AvgIpc) is 2.67. The Balaban J connectivity index is 1.51. The third-order valence-corrected chi connectivity index (χ3v) is 5.24. The number of hydrogen-bond donors (Lipinski definition) is 1. The molecule has 0 saturated carbocycles. The highest BCUT2D eigenvalue weighted by Crippen LogP contribution is 2.33. The molecule has 0 amide bonds. The lowest BCUT2D eigenvalue weighted by molar-refractivity contribution is 0.0929. The fraction of sp³-hybridized carbons (Fsp3) is 0.300. The summed E-state index contributed by atoms with van der Waals surface area (Å²) in [5, 5.41) is 12.4. The van der Waals surface area contributed by atoms with E-state index in [1.165, 1.54) is 0 Å². The largest absolute Gasteiger partial charge is 0.388 e. The van der Waals surface area contributed by atoms with Crippen molar-refractivity contribution in [3.8, 4) is 0 Å². The van der Waals surface area contributed by atoms with Crippen LogP contribution >= 0.6 is 11.6 Å². The summed E-state index contributed by atoms with van der Waals surface area (Å²) < 4.78 is 0. The third-order valence-electron chi connectivity index (χ3n) is 5.00. The number of anilines is 1. The summed E-state index contributed by atoms with van der Waals surface area (Å²) in [4.78, 5) is 11.1. The highest BCUT2D eigenvalue weighted by Gasteiger charge is 2.27. The maximum Gasteiger partial charge on any atom is 0.139 e. The van der Waals surface area contributed by atoms with Crippen LogP contribution in [0.4, 0.5) is 5.82 Å². The fourth-order valence-corrected chi connectivity index (χ4v) is 3.78. The molecule has 5 heteroatoms. The first-order chi connectivity index (χ1) is 12.2. The Hall–Kier alpha value is -2.17. The molecule has 0 unspecified atom stereocenters. The van der Waals surface area contributed by atoms with E-state index in [4.69, 9.17) is 11.6 Å². The zero-order valence-corrected chi connectivity index (χ0v) is 14.6. The quantitative estimate of drug-likeness (QED) is 0.765. The minimum Gasteiger partial charge on any atom is -0.388 e. The molecular weight excluding hydrogens is 334 g/mol. The lowest BCUT2D eigenvalue weighted by Crippen LogP contribution is -2.36. The van der Waals surface area contributed by atoms with Crippen LogP contribution < -0.4 is 4.90 Å². The van der Waals surface area contributed by atoms with Gasteiger partial charge in [0, 0.05) is 23.5 Å². The Morgan fingerprint density at radius 1 is 1.04 bits per heavy atom. The normalized spacial score (nSPS) is 17.0. The van der Waals surface area contributed by atoms with Gasteiger partial charge in [-0.3, -0.25) is 0 Å². The second kappa shape index (κ2) is 6.98. The van der Waals surface area contributed by atoms with Crippen molar-refractivity contribution in [1.82, 2.24) is 9.97 Å². The molecule has 25 heavy (non-hydrogen) atoms. The second-order valence-corrected chi connectivity index (χ2v) is 6.98. The van der Waals surface area contributed by atoms with Crippen LogP contribution in [0.5, 0.6) is 0 Å². The zero-order chi connectivity index (χ0) is 17.2. The second-order valence-electron chi connectivity index (χ2n) is 6.54. The van der Waals surface area contributed by atoms with Gasteiger partial charge in [-0.1, -0.05) is 41.9 Å². The van der Waals surface area contributed by atoms with E-state index in [-0.39, 0.29) is 5.92 Å². The molecule has 0 aliphatic carbocycles. The van der Waals surface area contributed by atoms with E-state index in [0.717, 1.165) is 48.2 Å². The lowest BCUT2D eigenvalue weighted by atomic mass is 9.87. The Labute approximate surface area is 152 Å². The first-order valence-electron chi connectivity index (χ1n) is 8.60.